The summed E-state index contributed by atoms with van der Waals surface area (Å²) < 4.78 is 53.7. The summed E-state index contributed by atoms with van der Waals surface area (Å²) in [5.41, 5.74) is 0. The average molecular weight is 285 g/mol. The maximum atomic E-state index is 13.7. The molecule has 1 aromatic carbocycles. The molecule has 0 radical (unpaired) electrons. The fourth-order valence-corrected chi connectivity index (χ4v) is 4.85. The number of halogens is 2. The van der Waals surface area contributed by atoms with Crippen molar-refractivity contribution in [2.45, 2.75) is 36.2 Å². The van der Waals surface area contributed by atoms with Crippen LogP contribution in [0.5, 0.6) is 0 Å². The highest BCUT2D eigenvalue weighted by Crippen LogP contribution is 2.37. The molecule has 1 saturated heterocycles. The summed E-state index contributed by atoms with van der Waals surface area (Å²) in [6, 6.07) is 2.64. The second kappa shape index (κ2) is 4.38. The van der Waals surface area contributed by atoms with Crippen molar-refractivity contribution in [3.05, 3.63) is 42.0 Å². The van der Waals surface area contributed by atoms with Crippen LogP contribution < -0.4 is 0 Å². The lowest BCUT2D eigenvalue weighted by atomic mass is 10.2. The fourth-order valence-electron chi connectivity index (χ4n) is 2.89. The van der Waals surface area contributed by atoms with E-state index in [0.717, 1.165) is 24.6 Å². The minimum absolute atomic E-state index is 0.181. The van der Waals surface area contributed by atoms with Crippen LogP contribution in [0.2, 0.25) is 0 Å². The predicted molar refractivity (Wildman–Crippen MR) is 65.9 cm³/mol. The Morgan fingerprint density at radius 2 is 1.84 bits per heavy atom. The number of benzene rings is 1. The van der Waals surface area contributed by atoms with Crippen molar-refractivity contribution < 1.29 is 17.2 Å². The van der Waals surface area contributed by atoms with Crippen LogP contribution in [0.3, 0.4) is 0 Å². The van der Waals surface area contributed by atoms with Gasteiger partial charge in [0.25, 0.3) is 0 Å². The molecule has 2 bridgehead atoms. The van der Waals surface area contributed by atoms with Gasteiger partial charge in [-0.15, -0.1) is 0 Å². The molecule has 0 spiro atoms. The number of hydrogen-bond donors (Lipinski definition) is 0. The minimum atomic E-state index is -4.13. The van der Waals surface area contributed by atoms with Gasteiger partial charge in [-0.25, -0.2) is 17.2 Å². The van der Waals surface area contributed by atoms with E-state index in [1.165, 1.54) is 4.31 Å². The largest absolute Gasteiger partial charge is 0.249 e. The molecule has 3 nitrogen and oxygen atoms in total. The van der Waals surface area contributed by atoms with Crippen molar-refractivity contribution in [3.63, 3.8) is 0 Å². The number of fused-ring (bicyclic) bond motifs is 2. The zero-order valence-corrected chi connectivity index (χ0v) is 10.9. The van der Waals surface area contributed by atoms with E-state index in [0.29, 0.717) is 12.8 Å². The van der Waals surface area contributed by atoms with Crippen LogP contribution in [0.25, 0.3) is 0 Å². The maximum absolute atomic E-state index is 13.7. The number of sulfonamides is 1. The summed E-state index contributed by atoms with van der Waals surface area (Å²) >= 11 is 0. The van der Waals surface area contributed by atoms with Crippen LogP contribution in [0.1, 0.15) is 19.3 Å². The van der Waals surface area contributed by atoms with Crippen LogP contribution in [0.4, 0.5) is 8.78 Å². The summed E-state index contributed by atoms with van der Waals surface area (Å²) in [7, 11) is -4.13. The molecular formula is C13H13F2NO2S. The summed E-state index contributed by atoms with van der Waals surface area (Å²) in [6.07, 6.45) is 5.78. The van der Waals surface area contributed by atoms with Crippen LogP contribution in [0, 0.1) is 11.6 Å². The second-order valence-electron chi connectivity index (χ2n) is 4.85. The SMILES string of the molecule is O=S(=O)(c1c(F)cccc1F)N1[C@H]2CC=C[C@H]1CC2. The third-order valence-corrected chi connectivity index (χ3v) is 5.73. The topological polar surface area (TPSA) is 37.4 Å². The third-order valence-electron chi connectivity index (χ3n) is 3.70. The highest BCUT2D eigenvalue weighted by molar-refractivity contribution is 7.89. The molecule has 1 fully saturated rings. The molecule has 1 aromatic rings. The van der Waals surface area contributed by atoms with Crippen molar-refractivity contribution in [1.29, 1.82) is 0 Å². The van der Waals surface area contributed by atoms with Gasteiger partial charge in [-0.3, -0.25) is 0 Å². The first-order valence-corrected chi connectivity index (χ1v) is 7.60. The highest BCUT2D eigenvalue weighted by Gasteiger charge is 2.44. The van der Waals surface area contributed by atoms with Gasteiger partial charge in [0, 0.05) is 12.1 Å². The van der Waals surface area contributed by atoms with Crippen LogP contribution in [-0.2, 0) is 10.0 Å². The van der Waals surface area contributed by atoms with E-state index in [-0.39, 0.29) is 12.1 Å². The molecule has 19 heavy (non-hydrogen) atoms. The minimum Gasteiger partial charge on any atom is -0.207 e. The molecule has 0 amide bonds. The van der Waals surface area contributed by atoms with E-state index in [1.54, 1.807) is 6.08 Å². The Bertz CT molecular complexity index is 622. The molecule has 0 unspecified atom stereocenters. The van der Waals surface area contributed by atoms with Gasteiger partial charge in [0.1, 0.15) is 11.6 Å². The molecule has 3 rings (SSSR count). The number of hydrogen-bond acceptors (Lipinski definition) is 2. The monoisotopic (exact) mass is 285 g/mol. The molecule has 2 aliphatic heterocycles. The van der Waals surface area contributed by atoms with Crippen LogP contribution in [0.15, 0.2) is 35.2 Å². The van der Waals surface area contributed by atoms with E-state index < -0.39 is 26.6 Å². The molecule has 6 heteroatoms. The second-order valence-corrected chi connectivity index (χ2v) is 6.63. The number of rotatable bonds is 2. The lowest BCUT2D eigenvalue weighted by Crippen LogP contribution is -2.42. The molecule has 0 N–H and O–H groups in total. The normalized spacial score (nSPS) is 26.8. The Morgan fingerprint density at radius 3 is 2.47 bits per heavy atom. The Hall–Kier alpha value is -1.27. The first-order chi connectivity index (χ1) is 9.01. The van der Waals surface area contributed by atoms with Gasteiger partial charge in [-0.2, -0.15) is 4.31 Å². The van der Waals surface area contributed by atoms with E-state index in [4.69, 9.17) is 0 Å². The van der Waals surface area contributed by atoms with E-state index in [2.05, 4.69) is 0 Å². The first kappa shape index (κ1) is 12.7. The van der Waals surface area contributed by atoms with Gasteiger partial charge in [-0.05, 0) is 31.4 Å². The van der Waals surface area contributed by atoms with Crippen LogP contribution >= 0.6 is 0 Å². The van der Waals surface area contributed by atoms with Crippen LogP contribution in [-0.4, -0.2) is 24.8 Å². The van der Waals surface area contributed by atoms with E-state index in [1.807, 2.05) is 6.08 Å². The Balaban J connectivity index is 2.12. The average Bonchev–Trinajstić information content (AvgIpc) is 2.61. The molecule has 102 valence electrons. The molecule has 0 aliphatic carbocycles. The van der Waals surface area contributed by atoms with Gasteiger partial charge in [0.2, 0.25) is 10.0 Å². The number of nitrogens with zero attached hydrogens (tertiary/aromatic N) is 1. The van der Waals surface area contributed by atoms with Crippen molar-refractivity contribution in [1.82, 2.24) is 4.31 Å². The van der Waals surface area contributed by atoms with E-state index in [9.17, 15) is 17.2 Å². The molecule has 2 aliphatic rings. The zero-order chi connectivity index (χ0) is 13.6. The Labute approximate surface area is 110 Å². The summed E-state index contributed by atoms with van der Waals surface area (Å²) in [6.45, 7) is 0. The maximum Gasteiger partial charge on any atom is 0.249 e. The predicted octanol–water partition coefficient (Wildman–Crippen LogP) is 2.45. The van der Waals surface area contributed by atoms with Gasteiger partial charge in [0.15, 0.2) is 4.90 Å². The summed E-state index contributed by atoms with van der Waals surface area (Å²) in [5, 5.41) is 0. The van der Waals surface area contributed by atoms with E-state index >= 15 is 0 Å². The Kier molecular flexibility index (Phi) is 2.94. The quantitative estimate of drug-likeness (QED) is 0.783. The lowest BCUT2D eigenvalue weighted by Gasteiger charge is -2.30. The Morgan fingerprint density at radius 1 is 1.16 bits per heavy atom. The van der Waals surface area contributed by atoms with Crippen molar-refractivity contribution in [2.24, 2.45) is 0 Å². The standard InChI is InChI=1S/C13H13F2NO2S/c14-11-5-2-6-12(15)13(11)19(17,18)16-9-3-1-4-10(16)8-7-9/h1-3,5-6,9-10H,4,7-8H2/t9-,10-/m0/s1. The molecule has 2 heterocycles. The van der Waals surface area contributed by atoms with Gasteiger partial charge in [0.05, 0.1) is 0 Å². The molecule has 2 atom stereocenters. The highest BCUT2D eigenvalue weighted by atomic mass is 32.2. The smallest absolute Gasteiger partial charge is 0.207 e. The van der Waals surface area contributed by atoms with Crippen molar-refractivity contribution in [2.75, 3.05) is 0 Å². The van der Waals surface area contributed by atoms with Crippen molar-refractivity contribution in [3.8, 4) is 0 Å². The summed E-state index contributed by atoms with van der Waals surface area (Å²) in [5.74, 6) is -2.07. The summed E-state index contributed by atoms with van der Waals surface area (Å²) in [4.78, 5) is -0.831. The lowest BCUT2D eigenvalue weighted by molar-refractivity contribution is 0.337. The van der Waals surface area contributed by atoms with Gasteiger partial charge < -0.3 is 0 Å². The fraction of sp³-hybridized carbons (Fsp3) is 0.385. The molecule has 0 aromatic heterocycles. The zero-order valence-electron chi connectivity index (χ0n) is 10.1. The first-order valence-electron chi connectivity index (χ1n) is 6.16. The molecule has 0 saturated carbocycles. The third kappa shape index (κ3) is 1.90. The van der Waals surface area contributed by atoms with Crippen molar-refractivity contribution >= 4 is 10.0 Å². The van der Waals surface area contributed by atoms with Gasteiger partial charge in [-0.1, -0.05) is 18.2 Å². The van der Waals surface area contributed by atoms with Gasteiger partial charge >= 0.3 is 0 Å². The molecular weight excluding hydrogens is 272 g/mol.